The summed E-state index contributed by atoms with van der Waals surface area (Å²) < 4.78 is 10.6. The normalized spacial score (nSPS) is 11.4. The molecule has 0 bridgehead atoms. The highest BCUT2D eigenvalue weighted by Gasteiger charge is 2.04. The molecule has 0 radical (unpaired) electrons. The third-order valence-electron chi connectivity index (χ3n) is 3.90. The number of nitrogens with zero attached hydrogens (tertiary/aromatic N) is 2. The van der Waals surface area contributed by atoms with Gasteiger partial charge in [-0.15, -0.1) is 11.3 Å². The fraction of sp³-hybridized carbons (Fsp3) is 0.300. The number of rotatable bonds is 8. The van der Waals surface area contributed by atoms with Crippen molar-refractivity contribution in [3.05, 3.63) is 70.1 Å². The van der Waals surface area contributed by atoms with E-state index < -0.39 is 0 Å². The second-order valence-corrected chi connectivity index (χ2v) is 7.31. The number of aryl methyl sites for hydroxylation is 1. The van der Waals surface area contributed by atoms with Crippen molar-refractivity contribution in [2.24, 2.45) is 4.99 Å². The molecule has 142 valence electrons. The zero-order valence-corrected chi connectivity index (χ0v) is 16.4. The first-order valence-electron chi connectivity index (χ1n) is 8.82. The van der Waals surface area contributed by atoms with Crippen LogP contribution in [0.25, 0.3) is 0 Å². The molecule has 0 saturated carbocycles. The van der Waals surface area contributed by atoms with Crippen LogP contribution in [-0.4, -0.2) is 24.6 Å². The van der Waals surface area contributed by atoms with E-state index in [0.29, 0.717) is 13.1 Å². The molecule has 2 aromatic heterocycles. The van der Waals surface area contributed by atoms with Gasteiger partial charge in [0.05, 0.1) is 26.5 Å². The summed E-state index contributed by atoms with van der Waals surface area (Å²) in [6.45, 7) is 4.02. The standard InChI is InChI=1S/C20H24N4O2S/c1-15-12-22-19(27-15)14-24-20(21-10-9-18-4-3-11-26-18)23-13-16-5-7-17(25-2)8-6-16/h3-8,11-12H,9-10,13-14H2,1-2H3,(H2,21,23,24). The Morgan fingerprint density at radius 3 is 2.74 bits per heavy atom. The lowest BCUT2D eigenvalue weighted by Crippen LogP contribution is -2.38. The predicted octanol–water partition coefficient (Wildman–Crippen LogP) is 3.53. The van der Waals surface area contributed by atoms with Gasteiger partial charge in [-0.05, 0) is 36.8 Å². The van der Waals surface area contributed by atoms with Gasteiger partial charge in [-0.1, -0.05) is 12.1 Å². The average Bonchev–Trinajstić information content (AvgIpc) is 3.35. The topological polar surface area (TPSA) is 71.7 Å². The highest BCUT2D eigenvalue weighted by Crippen LogP contribution is 2.12. The van der Waals surface area contributed by atoms with E-state index in [1.54, 1.807) is 24.7 Å². The van der Waals surface area contributed by atoms with Crippen LogP contribution in [0.1, 0.15) is 21.2 Å². The van der Waals surface area contributed by atoms with Crippen LogP contribution in [-0.2, 0) is 19.5 Å². The molecule has 0 aliphatic carbocycles. The number of aromatic nitrogens is 1. The second kappa shape index (κ2) is 9.78. The molecule has 0 unspecified atom stereocenters. The van der Waals surface area contributed by atoms with Gasteiger partial charge in [-0.3, -0.25) is 0 Å². The van der Waals surface area contributed by atoms with Crippen molar-refractivity contribution >= 4 is 17.3 Å². The van der Waals surface area contributed by atoms with Crippen LogP contribution in [0, 0.1) is 6.92 Å². The molecule has 0 aliphatic heterocycles. The van der Waals surface area contributed by atoms with Gasteiger partial charge in [0.1, 0.15) is 16.5 Å². The lowest BCUT2D eigenvalue weighted by atomic mass is 10.2. The quantitative estimate of drug-likeness (QED) is 0.459. The molecule has 6 nitrogen and oxygen atoms in total. The fourth-order valence-corrected chi connectivity index (χ4v) is 3.20. The molecule has 0 spiro atoms. The summed E-state index contributed by atoms with van der Waals surface area (Å²) in [6, 6.07) is 11.8. The molecular formula is C20H24N4O2S. The first-order chi connectivity index (χ1) is 13.2. The Hall–Kier alpha value is -2.80. The molecule has 7 heteroatoms. The first-order valence-corrected chi connectivity index (χ1v) is 9.63. The molecule has 3 rings (SSSR count). The third kappa shape index (κ3) is 6.14. The highest BCUT2D eigenvalue weighted by molar-refractivity contribution is 7.11. The highest BCUT2D eigenvalue weighted by atomic mass is 32.1. The van der Waals surface area contributed by atoms with Crippen molar-refractivity contribution < 1.29 is 9.15 Å². The van der Waals surface area contributed by atoms with Crippen LogP contribution in [0.3, 0.4) is 0 Å². The minimum absolute atomic E-state index is 0.580. The maximum absolute atomic E-state index is 5.38. The number of aliphatic imine (C=N–C) groups is 1. The van der Waals surface area contributed by atoms with Crippen molar-refractivity contribution in [2.45, 2.75) is 26.4 Å². The number of methoxy groups -OCH3 is 1. The number of hydrogen-bond acceptors (Lipinski definition) is 5. The van der Waals surface area contributed by atoms with E-state index in [4.69, 9.17) is 14.1 Å². The summed E-state index contributed by atoms with van der Waals surface area (Å²) >= 11 is 1.68. The molecule has 2 N–H and O–H groups in total. The zero-order valence-electron chi connectivity index (χ0n) is 15.6. The minimum Gasteiger partial charge on any atom is -0.497 e. The maximum atomic E-state index is 5.38. The van der Waals surface area contributed by atoms with Crippen LogP contribution in [0.5, 0.6) is 5.75 Å². The van der Waals surface area contributed by atoms with Crippen LogP contribution < -0.4 is 15.4 Å². The van der Waals surface area contributed by atoms with Crippen LogP contribution >= 0.6 is 11.3 Å². The van der Waals surface area contributed by atoms with Crippen LogP contribution in [0.4, 0.5) is 0 Å². The molecular weight excluding hydrogens is 360 g/mol. The molecule has 0 fully saturated rings. The van der Waals surface area contributed by atoms with Crippen LogP contribution in [0.2, 0.25) is 0 Å². The lowest BCUT2D eigenvalue weighted by Gasteiger charge is -2.11. The Morgan fingerprint density at radius 1 is 1.22 bits per heavy atom. The van der Waals surface area contributed by atoms with Crippen molar-refractivity contribution in [1.29, 1.82) is 0 Å². The number of nitrogens with one attached hydrogen (secondary N) is 2. The number of ether oxygens (including phenoxy) is 1. The van der Waals surface area contributed by atoms with E-state index in [-0.39, 0.29) is 0 Å². The number of guanidine groups is 1. The average molecular weight is 385 g/mol. The summed E-state index contributed by atoms with van der Waals surface area (Å²) in [5.41, 5.74) is 1.12. The summed E-state index contributed by atoms with van der Waals surface area (Å²) in [6.07, 6.45) is 4.38. The van der Waals surface area contributed by atoms with Gasteiger partial charge in [0.25, 0.3) is 0 Å². The molecule has 1 aromatic carbocycles. The number of furan rings is 1. The van der Waals surface area contributed by atoms with Crippen molar-refractivity contribution in [3.63, 3.8) is 0 Å². The summed E-state index contributed by atoms with van der Waals surface area (Å²) in [5, 5.41) is 7.75. The molecule has 0 atom stereocenters. The smallest absolute Gasteiger partial charge is 0.191 e. The van der Waals surface area contributed by atoms with Crippen molar-refractivity contribution in [2.75, 3.05) is 13.7 Å². The van der Waals surface area contributed by atoms with Crippen molar-refractivity contribution in [1.82, 2.24) is 15.6 Å². The van der Waals surface area contributed by atoms with Gasteiger partial charge >= 0.3 is 0 Å². The zero-order chi connectivity index (χ0) is 18.9. The molecule has 0 aliphatic rings. The van der Waals surface area contributed by atoms with E-state index in [2.05, 4.69) is 22.5 Å². The predicted molar refractivity (Wildman–Crippen MR) is 108 cm³/mol. The Balaban J connectivity index is 1.59. The molecule has 3 aromatic rings. The largest absolute Gasteiger partial charge is 0.497 e. The Morgan fingerprint density at radius 2 is 2.07 bits per heavy atom. The van der Waals surface area contributed by atoms with Gasteiger partial charge in [0, 0.05) is 24.0 Å². The van der Waals surface area contributed by atoms with Gasteiger partial charge in [0.2, 0.25) is 0 Å². The van der Waals surface area contributed by atoms with Gasteiger partial charge in [0.15, 0.2) is 5.96 Å². The minimum atomic E-state index is 0.580. The number of thiazole rings is 1. The third-order valence-corrected chi connectivity index (χ3v) is 4.81. The summed E-state index contributed by atoms with van der Waals surface area (Å²) in [5.74, 6) is 2.55. The van der Waals surface area contributed by atoms with Gasteiger partial charge in [-0.2, -0.15) is 0 Å². The van der Waals surface area contributed by atoms with E-state index >= 15 is 0 Å². The summed E-state index contributed by atoms with van der Waals surface area (Å²) in [4.78, 5) is 10.3. The van der Waals surface area contributed by atoms with E-state index in [1.807, 2.05) is 42.6 Å². The van der Waals surface area contributed by atoms with Crippen LogP contribution in [0.15, 0.2) is 58.3 Å². The maximum Gasteiger partial charge on any atom is 0.191 e. The Labute approximate surface area is 163 Å². The summed E-state index contributed by atoms with van der Waals surface area (Å²) in [7, 11) is 1.67. The monoisotopic (exact) mass is 384 g/mol. The molecule has 0 saturated heterocycles. The lowest BCUT2D eigenvalue weighted by molar-refractivity contribution is 0.414. The Bertz CT molecular complexity index is 841. The molecule has 0 amide bonds. The first kappa shape index (κ1) is 19.0. The van der Waals surface area contributed by atoms with E-state index in [9.17, 15) is 0 Å². The Kier molecular flexibility index (Phi) is 6.87. The molecule has 2 heterocycles. The molecule has 27 heavy (non-hydrogen) atoms. The van der Waals surface area contributed by atoms with E-state index in [1.165, 1.54) is 4.88 Å². The second-order valence-electron chi connectivity index (χ2n) is 5.99. The SMILES string of the molecule is COc1ccc(CN=C(NCCc2ccco2)NCc2ncc(C)s2)cc1. The fourth-order valence-electron chi connectivity index (χ4n) is 2.48. The van der Waals surface area contributed by atoms with E-state index in [0.717, 1.165) is 41.0 Å². The number of benzene rings is 1. The van der Waals surface area contributed by atoms with Gasteiger partial charge < -0.3 is 19.8 Å². The van der Waals surface area contributed by atoms with Crippen molar-refractivity contribution in [3.8, 4) is 5.75 Å². The number of hydrogen-bond donors (Lipinski definition) is 2. The van der Waals surface area contributed by atoms with Gasteiger partial charge in [-0.25, -0.2) is 9.98 Å².